The molecule has 0 heterocycles. The number of ketones is 1. The van der Waals surface area contributed by atoms with E-state index in [0.717, 1.165) is 6.07 Å². The van der Waals surface area contributed by atoms with Crippen LogP contribution in [0.2, 0.25) is 0 Å². The number of carbonyl (C=O) groups is 1. The number of aromatic hydroxyl groups is 1. The number of phenols is 1. The van der Waals surface area contributed by atoms with Gasteiger partial charge < -0.3 is 10.4 Å². The van der Waals surface area contributed by atoms with Crippen LogP contribution in [-0.2, 0) is 0 Å². The van der Waals surface area contributed by atoms with E-state index in [4.69, 9.17) is 0 Å². The zero-order chi connectivity index (χ0) is 10.7. The van der Waals surface area contributed by atoms with Crippen molar-refractivity contribution >= 4 is 21.7 Å². The highest BCUT2D eigenvalue weighted by Crippen LogP contribution is 2.29. The van der Waals surface area contributed by atoms with Gasteiger partial charge in [-0.2, -0.15) is 0 Å². The Morgan fingerprint density at radius 3 is 2.86 bits per heavy atom. The molecule has 0 fully saturated rings. The average molecular weight is 262 g/mol. The van der Waals surface area contributed by atoms with Crippen molar-refractivity contribution in [3.05, 3.63) is 28.0 Å². The van der Waals surface area contributed by atoms with Crippen LogP contribution in [-0.4, -0.2) is 24.5 Å². The van der Waals surface area contributed by atoms with Crippen LogP contribution in [0.1, 0.15) is 10.4 Å². The maximum Gasteiger partial charge on any atom is 0.183 e. The van der Waals surface area contributed by atoms with Gasteiger partial charge in [-0.15, -0.1) is 0 Å². The number of hydrogen-bond acceptors (Lipinski definition) is 3. The third-order valence-corrected chi connectivity index (χ3v) is 2.33. The maximum absolute atomic E-state index is 13.2. The predicted molar refractivity (Wildman–Crippen MR) is 54.0 cm³/mol. The molecule has 1 aromatic carbocycles. The van der Waals surface area contributed by atoms with E-state index >= 15 is 0 Å². The lowest BCUT2D eigenvalue weighted by Gasteiger charge is -2.06. The minimum absolute atomic E-state index is 0.0130. The van der Waals surface area contributed by atoms with Crippen LogP contribution in [0, 0.1) is 5.82 Å². The lowest BCUT2D eigenvalue weighted by atomic mass is 10.1. The Labute approximate surface area is 89.1 Å². The zero-order valence-electron chi connectivity index (χ0n) is 7.47. The molecule has 0 saturated carbocycles. The first kappa shape index (κ1) is 11.1. The smallest absolute Gasteiger partial charge is 0.183 e. The molecule has 0 unspecified atom stereocenters. The molecule has 0 aliphatic carbocycles. The number of Topliss-reactive ketones (excluding diaryl/α,β-unsaturated/α-hetero) is 1. The predicted octanol–water partition coefficient (Wildman–Crippen LogP) is 1.70. The lowest BCUT2D eigenvalue weighted by molar-refractivity contribution is 0.0987. The van der Waals surface area contributed by atoms with Gasteiger partial charge in [0, 0.05) is 0 Å². The number of phenolic OH excluding ortho intramolecular Hbond substituents is 1. The highest BCUT2D eigenvalue weighted by Gasteiger charge is 2.17. The minimum atomic E-state index is -0.717. The van der Waals surface area contributed by atoms with Crippen molar-refractivity contribution in [1.29, 1.82) is 0 Å². The molecule has 0 saturated heterocycles. The third-order valence-electron chi connectivity index (χ3n) is 1.69. The summed E-state index contributed by atoms with van der Waals surface area (Å²) < 4.78 is 13.5. The normalized spacial score (nSPS) is 10.2. The molecule has 5 heteroatoms. The highest BCUT2D eigenvalue weighted by atomic mass is 79.9. The van der Waals surface area contributed by atoms with Crippen molar-refractivity contribution in [2.24, 2.45) is 0 Å². The molecule has 0 amide bonds. The van der Waals surface area contributed by atoms with Crippen molar-refractivity contribution in [2.45, 2.75) is 0 Å². The Kier molecular flexibility index (Phi) is 3.60. The summed E-state index contributed by atoms with van der Waals surface area (Å²) in [5.41, 5.74) is -0.284. The van der Waals surface area contributed by atoms with Crippen molar-refractivity contribution < 1.29 is 14.3 Å². The molecule has 0 aromatic heterocycles. The van der Waals surface area contributed by atoms with Crippen LogP contribution >= 0.6 is 15.9 Å². The Hall–Kier alpha value is -0.940. The fraction of sp³-hybridized carbons (Fsp3) is 0.222. The van der Waals surface area contributed by atoms with E-state index in [0.29, 0.717) is 4.47 Å². The van der Waals surface area contributed by atoms with Crippen LogP contribution in [0.3, 0.4) is 0 Å². The second kappa shape index (κ2) is 4.52. The summed E-state index contributed by atoms with van der Waals surface area (Å²) in [6.07, 6.45) is 0. The number of rotatable bonds is 3. The van der Waals surface area contributed by atoms with E-state index in [-0.39, 0.29) is 17.9 Å². The monoisotopic (exact) mass is 261 g/mol. The minimum Gasteiger partial charge on any atom is -0.506 e. The third kappa shape index (κ3) is 2.10. The van der Waals surface area contributed by atoms with E-state index in [1.54, 1.807) is 7.05 Å². The van der Waals surface area contributed by atoms with E-state index in [1.165, 1.54) is 6.07 Å². The Bertz CT molecular complexity index is 368. The molecule has 0 aliphatic rings. The summed E-state index contributed by atoms with van der Waals surface area (Å²) in [5, 5.41) is 12.0. The van der Waals surface area contributed by atoms with Crippen LogP contribution in [0.25, 0.3) is 0 Å². The fourth-order valence-electron chi connectivity index (χ4n) is 1.06. The molecular formula is C9H9BrFNO2. The van der Waals surface area contributed by atoms with E-state index in [2.05, 4.69) is 21.2 Å². The number of halogens is 2. The van der Waals surface area contributed by atoms with E-state index in [9.17, 15) is 14.3 Å². The van der Waals surface area contributed by atoms with Crippen LogP contribution in [0.4, 0.5) is 4.39 Å². The van der Waals surface area contributed by atoms with Crippen LogP contribution < -0.4 is 5.32 Å². The van der Waals surface area contributed by atoms with E-state index < -0.39 is 11.6 Å². The second-order valence-electron chi connectivity index (χ2n) is 2.71. The van der Waals surface area contributed by atoms with Gasteiger partial charge in [0.2, 0.25) is 0 Å². The van der Waals surface area contributed by atoms with Gasteiger partial charge in [0.25, 0.3) is 0 Å². The SMILES string of the molecule is CNCC(=O)c1c(F)ccc(Br)c1O. The van der Waals surface area contributed by atoms with E-state index in [1.807, 2.05) is 0 Å². The quantitative estimate of drug-likeness (QED) is 0.815. The van der Waals surface area contributed by atoms with Gasteiger partial charge in [0.15, 0.2) is 5.78 Å². The maximum atomic E-state index is 13.2. The van der Waals surface area contributed by atoms with Gasteiger partial charge in [-0.25, -0.2) is 4.39 Å². The molecule has 76 valence electrons. The zero-order valence-corrected chi connectivity index (χ0v) is 9.06. The Balaban J connectivity index is 3.18. The number of carbonyl (C=O) groups excluding carboxylic acids is 1. The van der Waals surface area contributed by atoms with Crippen LogP contribution in [0.15, 0.2) is 16.6 Å². The Morgan fingerprint density at radius 1 is 1.64 bits per heavy atom. The summed E-state index contributed by atoms with van der Waals surface area (Å²) in [6.45, 7) is -0.0130. The summed E-state index contributed by atoms with van der Waals surface area (Å²) >= 11 is 3.01. The second-order valence-corrected chi connectivity index (χ2v) is 3.56. The fourth-order valence-corrected chi connectivity index (χ4v) is 1.39. The van der Waals surface area contributed by atoms with Crippen molar-refractivity contribution in [1.82, 2.24) is 5.32 Å². The average Bonchev–Trinajstić information content (AvgIpc) is 2.13. The van der Waals surface area contributed by atoms with Gasteiger partial charge in [-0.3, -0.25) is 4.79 Å². The number of nitrogens with one attached hydrogen (secondary N) is 1. The Morgan fingerprint density at radius 2 is 2.29 bits per heavy atom. The number of likely N-dealkylation sites (N-methyl/N-ethyl adjacent to an activating group) is 1. The molecule has 2 N–H and O–H groups in total. The van der Waals surface area contributed by atoms with Crippen molar-refractivity contribution in [3.63, 3.8) is 0 Å². The first-order chi connectivity index (χ1) is 6.57. The first-order valence-corrected chi connectivity index (χ1v) is 4.72. The van der Waals surface area contributed by atoms with Gasteiger partial charge in [0.05, 0.1) is 16.6 Å². The number of benzene rings is 1. The lowest BCUT2D eigenvalue weighted by Crippen LogP contribution is -2.19. The van der Waals surface area contributed by atoms with Crippen LogP contribution in [0.5, 0.6) is 5.75 Å². The molecule has 0 atom stereocenters. The molecule has 0 bridgehead atoms. The first-order valence-electron chi connectivity index (χ1n) is 3.92. The van der Waals surface area contributed by atoms with Gasteiger partial charge in [-0.05, 0) is 35.1 Å². The molecule has 14 heavy (non-hydrogen) atoms. The highest BCUT2D eigenvalue weighted by molar-refractivity contribution is 9.10. The summed E-state index contributed by atoms with van der Waals surface area (Å²) in [4.78, 5) is 11.4. The summed E-state index contributed by atoms with van der Waals surface area (Å²) in [7, 11) is 1.57. The molecule has 1 aromatic rings. The van der Waals surface area contributed by atoms with Crippen molar-refractivity contribution in [2.75, 3.05) is 13.6 Å². The molecular weight excluding hydrogens is 253 g/mol. The molecule has 3 nitrogen and oxygen atoms in total. The molecule has 1 rings (SSSR count). The number of hydrogen-bond donors (Lipinski definition) is 2. The van der Waals surface area contributed by atoms with Gasteiger partial charge >= 0.3 is 0 Å². The molecule has 0 radical (unpaired) electrons. The van der Waals surface area contributed by atoms with Crippen molar-refractivity contribution in [3.8, 4) is 5.75 Å². The topological polar surface area (TPSA) is 49.3 Å². The largest absolute Gasteiger partial charge is 0.506 e. The van der Waals surface area contributed by atoms with Gasteiger partial charge in [-0.1, -0.05) is 0 Å². The summed E-state index contributed by atoms with van der Waals surface area (Å²) in [5.74, 6) is -1.56. The molecule has 0 aliphatic heterocycles. The molecule has 0 spiro atoms. The summed E-state index contributed by atoms with van der Waals surface area (Å²) in [6, 6.07) is 2.48. The standard InChI is InChI=1S/C9H9BrFNO2/c1-12-4-7(13)8-6(11)3-2-5(10)9(8)14/h2-3,12,14H,4H2,1H3. The van der Waals surface area contributed by atoms with Gasteiger partial charge in [0.1, 0.15) is 11.6 Å².